The molecule has 5 rings (SSSR count). The molecule has 1 N–H and O–H groups in total. The molecule has 0 radical (unpaired) electrons. The Bertz CT molecular complexity index is 848. The maximum atomic E-state index is 11.5. The SMILES string of the molecule is CC(C)[C@H]1CC[C@H]2C3=CC=C4C[C@](O)(c5ccccc5)CC[C@]4(C)[C@H]3CC[C@]12C. The summed E-state index contributed by atoms with van der Waals surface area (Å²) in [6, 6.07) is 10.4. The molecule has 29 heavy (non-hydrogen) atoms. The molecule has 0 saturated heterocycles. The predicted octanol–water partition coefficient (Wildman–Crippen LogP) is 7.03. The van der Waals surface area contributed by atoms with Crippen molar-refractivity contribution in [1.82, 2.24) is 0 Å². The number of hydrogen-bond donors (Lipinski definition) is 1. The Labute approximate surface area is 177 Å². The van der Waals surface area contributed by atoms with E-state index in [9.17, 15) is 5.11 Å². The van der Waals surface area contributed by atoms with Crippen molar-refractivity contribution >= 4 is 0 Å². The van der Waals surface area contributed by atoms with Crippen LogP contribution in [0.3, 0.4) is 0 Å². The van der Waals surface area contributed by atoms with E-state index >= 15 is 0 Å². The van der Waals surface area contributed by atoms with Crippen molar-refractivity contribution in [3.8, 4) is 0 Å². The van der Waals surface area contributed by atoms with Gasteiger partial charge in [-0.25, -0.2) is 0 Å². The highest BCUT2D eigenvalue weighted by Crippen LogP contribution is 2.66. The second-order valence-electron chi connectivity index (χ2n) is 11.4. The molecule has 0 unspecified atom stereocenters. The number of benzene rings is 1. The van der Waals surface area contributed by atoms with Crippen LogP contribution in [0.15, 0.2) is 53.6 Å². The van der Waals surface area contributed by atoms with Crippen molar-refractivity contribution in [3.63, 3.8) is 0 Å². The fourth-order valence-corrected chi connectivity index (χ4v) is 8.12. The van der Waals surface area contributed by atoms with Gasteiger partial charge in [-0.2, -0.15) is 0 Å². The molecular weight excluding hydrogens is 352 g/mol. The van der Waals surface area contributed by atoms with Gasteiger partial charge in [0.2, 0.25) is 0 Å². The van der Waals surface area contributed by atoms with E-state index in [1.54, 1.807) is 5.57 Å². The molecule has 6 atom stereocenters. The molecule has 0 amide bonds. The maximum absolute atomic E-state index is 11.5. The Balaban J connectivity index is 1.49. The average molecular weight is 391 g/mol. The van der Waals surface area contributed by atoms with E-state index in [4.69, 9.17) is 0 Å². The molecule has 0 aromatic heterocycles. The Morgan fingerprint density at radius 1 is 0.897 bits per heavy atom. The van der Waals surface area contributed by atoms with E-state index in [1.165, 1.54) is 31.3 Å². The number of fused-ring (bicyclic) bond motifs is 5. The molecular formula is C28H38O. The Hall–Kier alpha value is -1.34. The number of aliphatic hydroxyl groups is 1. The molecule has 3 fully saturated rings. The highest BCUT2D eigenvalue weighted by molar-refractivity contribution is 5.41. The molecule has 4 aliphatic carbocycles. The predicted molar refractivity (Wildman–Crippen MR) is 120 cm³/mol. The number of hydrogen-bond acceptors (Lipinski definition) is 1. The third-order valence-corrected chi connectivity index (χ3v) is 9.82. The van der Waals surface area contributed by atoms with Crippen molar-refractivity contribution < 1.29 is 5.11 Å². The lowest BCUT2D eigenvalue weighted by molar-refractivity contribution is -0.0265. The summed E-state index contributed by atoms with van der Waals surface area (Å²) in [7, 11) is 0. The molecule has 4 aliphatic rings. The van der Waals surface area contributed by atoms with Crippen LogP contribution in [0.1, 0.15) is 78.2 Å². The molecule has 1 aromatic rings. The standard InChI is InChI=1S/C28H38O/c1-19(2)23-12-13-24-22-11-10-21-18-28(29,20-8-6-5-7-9-20)17-16-26(21,3)25(22)14-15-27(23,24)4/h5-11,19,23-25,29H,12-18H2,1-4H3/t23-,24+,25+,26+,27-,28+/m1/s1. The monoisotopic (exact) mass is 390 g/mol. The lowest BCUT2D eigenvalue weighted by Gasteiger charge is -2.56. The first-order valence-electron chi connectivity index (χ1n) is 12.0. The topological polar surface area (TPSA) is 20.2 Å². The van der Waals surface area contributed by atoms with Crippen LogP contribution in [0, 0.1) is 34.5 Å². The highest BCUT2D eigenvalue weighted by Gasteiger charge is 2.57. The number of allylic oxidation sites excluding steroid dienone is 3. The summed E-state index contributed by atoms with van der Waals surface area (Å²) in [5, 5.41) is 11.5. The van der Waals surface area contributed by atoms with Crippen LogP contribution in [0.4, 0.5) is 0 Å². The van der Waals surface area contributed by atoms with Gasteiger partial charge in [0, 0.05) is 6.42 Å². The van der Waals surface area contributed by atoms with E-state index in [2.05, 4.69) is 64.1 Å². The minimum absolute atomic E-state index is 0.238. The largest absolute Gasteiger partial charge is 0.385 e. The van der Waals surface area contributed by atoms with Crippen LogP contribution >= 0.6 is 0 Å². The van der Waals surface area contributed by atoms with E-state index in [-0.39, 0.29) is 5.41 Å². The van der Waals surface area contributed by atoms with Gasteiger partial charge < -0.3 is 5.11 Å². The smallest absolute Gasteiger partial charge is 0.0934 e. The van der Waals surface area contributed by atoms with Crippen molar-refractivity contribution in [2.75, 3.05) is 0 Å². The molecule has 3 saturated carbocycles. The van der Waals surface area contributed by atoms with Crippen LogP contribution in [0.5, 0.6) is 0 Å². The fraction of sp³-hybridized carbons (Fsp3) is 0.643. The van der Waals surface area contributed by atoms with Crippen LogP contribution in [0.25, 0.3) is 0 Å². The van der Waals surface area contributed by atoms with Crippen molar-refractivity contribution in [2.45, 2.75) is 78.2 Å². The molecule has 156 valence electrons. The summed E-state index contributed by atoms with van der Waals surface area (Å²) in [6.07, 6.45) is 13.2. The van der Waals surface area contributed by atoms with Gasteiger partial charge in [0.1, 0.15) is 0 Å². The molecule has 1 nitrogen and oxygen atoms in total. The summed E-state index contributed by atoms with van der Waals surface area (Å²) in [5.74, 6) is 3.13. The third-order valence-electron chi connectivity index (χ3n) is 9.82. The lowest BCUT2D eigenvalue weighted by atomic mass is 9.49. The summed E-state index contributed by atoms with van der Waals surface area (Å²) >= 11 is 0. The Kier molecular flexibility index (Phi) is 4.45. The van der Waals surface area contributed by atoms with Crippen LogP contribution in [-0.2, 0) is 5.60 Å². The van der Waals surface area contributed by atoms with Gasteiger partial charge in [-0.1, -0.05) is 81.3 Å². The maximum Gasteiger partial charge on any atom is 0.0934 e. The van der Waals surface area contributed by atoms with Gasteiger partial charge in [-0.3, -0.25) is 0 Å². The Morgan fingerprint density at radius 2 is 1.66 bits per heavy atom. The zero-order chi connectivity index (χ0) is 20.4. The van der Waals surface area contributed by atoms with Gasteiger partial charge >= 0.3 is 0 Å². The Morgan fingerprint density at radius 3 is 2.38 bits per heavy atom. The zero-order valence-electron chi connectivity index (χ0n) is 18.7. The molecule has 0 heterocycles. The zero-order valence-corrected chi connectivity index (χ0v) is 18.7. The van der Waals surface area contributed by atoms with Crippen LogP contribution in [-0.4, -0.2) is 5.11 Å². The number of rotatable bonds is 2. The first-order valence-corrected chi connectivity index (χ1v) is 12.0. The lowest BCUT2D eigenvalue weighted by Crippen LogP contribution is -2.48. The molecule has 0 bridgehead atoms. The van der Waals surface area contributed by atoms with Gasteiger partial charge in [0.15, 0.2) is 0 Å². The average Bonchev–Trinajstić information content (AvgIpc) is 3.07. The first kappa shape index (κ1) is 19.6. The fourth-order valence-electron chi connectivity index (χ4n) is 8.12. The van der Waals surface area contributed by atoms with Gasteiger partial charge in [0.05, 0.1) is 5.60 Å². The first-order chi connectivity index (χ1) is 13.8. The van der Waals surface area contributed by atoms with Crippen molar-refractivity contribution in [1.29, 1.82) is 0 Å². The second-order valence-corrected chi connectivity index (χ2v) is 11.4. The molecule has 1 heteroatoms. The van der Waals surface area contributed by atoms with Crippen LogP contribution in [0.2, 0.25) is 0 Å². The summed E-state index contributed by atoms with van der Waals surface area (Å²) < 4.78 is 0. The van der Waals surface area contributed by atoms with E-state index in [0.29, 0.717) is 11.3 Å². The van der Waals surface area contributed by atoms with Crippen molar-refractivity contribution in [2.24, 2.45) is 34.5 Å². The quantitative estimate of drug-likeness (QED) is 0.575. The van der Waals surface area contributed by atoms with Gasteiger partial charge in [-0.15, -0.1) is 0 Å². The minimum atomic E-state index is -0.697. The van der Waals surface area contributed by atoms with Gasteiger partial charge in [0.25, 0.3) is 0 Å². The second kappa shape index (κ2) is 6.58. The highest BCUT2D eigenvalue weighted by atomic mass is 16.3. The van der Waals surface area contributed by atoms with Gasteiger partial charge in [-0.05, 0) is 78.6 Å². The van der Waals surface area contributed by atoms with E-state index in [1.807, 2.05) is 6.07 Å². The normalized spacial score (nSPS) is 43.9. The third kappa shape index (κ3) is 2.76. The van der Waals surface area contributed by atoms with E-state index in [0.717, 1.165) is 42.6 Å². The summed E-state index contributed by atoms with van der Waals surface area (Å²) in [5.41, 5.74) is 4.38. The van der Waals surface area contributed by atoms with Crippen molar-refractivity contribution in [3.05, 3.63) is 59.2 Å². The molecule has 1 aromatic carbocycles. The summed E-state index contributed by atoms with van der Waals surface area (Å²) in [6.45, 7) is 9.98. The minimum Gasteiger partial charge on any atom is -0.385 e. The van der Waals surface area contributed by atoms with Crippen LogP contribution < -0.4 is 0 Å². The van der Waals surface area contributed by atoms with E-state index < -0.39 is 5.60 Å². The molecule has 0 spiro atoms. The summed E-state index contributed by atoms with van der Waals surface area (Å²) in [4.78, 5) is 0. The molecule has 0 aliphatic heterocycles.